The minimum atomic E-state index is 0.168. The molecule has 7 atom stereocenters. The van der Waals surface area contributed by atoms with Gasteiger partial charge in [0, 0.05) is 57.2 Å². The minimum Gasteiger partial charge on any atom is -0.379 e. The van der Waals surface area contributed by atoms with Crippen molar-refractivity contribution in [1.29, 1.82) is 0 Å². The second-order valence-corrected chi connectivity index (χ2v) is 9.90. The standard InChI is InChI=1S/C21H40N6O2/c1-3-16(14-22-6-1)15-27-8-2-4-18(27)21-24-20(25-29-21)17-5-7-23-19(13-17)26-9-11-28-12-10-26/h16-25H,1-15H2/p+2. The summed E-state index contributed by atoms with van der Waals surface area (Å²) in [6.07, 6.45) is 8.93. The number of nitrogens with one attached hydrogen (secondary N) is 4. The molecule has 0 amide bonds. The Labute approximate surface area is 175 Å². The van der Waals surface area contributed by atoms with Crippen LogP contribution in [0.1, 0.15) is 38.5 Å². The fourth-order valence-electron chi connectivity index (χ4n) is 6.39. The van der Waals surface area contributed by atoms with E-state index in [0.29, 0.717) is 24.3 Å². The number of nitrogens with zero attached hydrogens (tertiary/aromatic N) is 1. The highest BCUT2D eigenvalue weighted by Crippen LogP contribution is 2.22. The molecule has 0 radical (unpaired) electrons. The zero-order valence-electron chi connectivity index (χ0n) is 17.9. The van der Waals surface area contributed by atoms with Crippen molar-refractivity contribution in [2.24, 2.45) is 11.8 Å². The van der Waals surface area contributed by atoms with Gasteiger partial charge in [-0.25, -0.2) is 4.90 Å². The van der Waals surface area contributed by atoms with E-state index in [4.69, 9.17) is 9.57 Å². The molecule has 5 aliphatic rings. The van der Waals surface area contributed by atoms with Gasteiger partial charge in [-0.3, -0.25) is 10.2 Å². The van der Waals surface area contributed by atoms with Crippen LogP contribution in [0.4, 0.5) is 0 Å². The van der Waals surface area contributed by atoms with E-state index >= 15 is 0 Å². The molecule has 0 aliphatic carbocycles. The topological polar surface area (TPSA) is 78.8 Å². The maximum atomic E-state index is 6.16. The van der Waals surface area contributed by atoms with E-state index < -0.39 is 0 Å². The smallest absolute Gasteiger partial charge is 0.183 e. The van der Waals surface area contributed by atoms with Crippen LogP contribution in [0.25, 0.3) is 0 Å². The van der Waals surface area contributed by atoms with Crippen LogP contribution in [0.15, 0.2) is 0 Å². The lowest BCUT2D eigenvalue weighted by atomic mass is 9.92. The molecule has 0 aromatic carbocycles. The van der Waals surface area contributed by atoms with Gasteiger partial charge in [0.15, 0.2) is 6.23 Å². The molecule has 0 aromatic rings. The molecular formula is C21H42N6O2+2. The van der Waals surface area contributed by atoms with E-state index in [9.17, 15) is 0 Å². The van der Waals surface area contributed by atoms with E-state index in [1.54, 1.807) is 4.90 Å². The Hall–Kier alpha value is -0.320. The number of piperidine rings is 2. The minimum absolute atomic E-state index is 0.168. The van der Waals surface area contributed by atoms with E-state index in [1.165, 1.54) is 71.2 Å². The number of rotatable bonds is 5. The first-order chi connectivity index (χ1) is 14.4. The maximum Gasteiger partial charge on any atom is 0.183 e. The van der Waals surface area contributed by atoms with Crippen molar-refractivity contribution >= 4 is 0 Å². The molecule has 0 bridgehead atoms. The average Bonchev–Trinajstić information content (AvgIpc) is 3.45. The van der Waals surface area contributed by atoms with Crippen LogP contribution in [0.2, 0.25) is 0 Å². The van der Waals surface area contributed by atoms with E-state index in [1.807, 2.05) is 0 Å². The van der Waals surface area contributed by atoms with Gasteiger partial charge in [0.25, 0.3) is 0 Å². The third kappa shape index (κ3) is 4.96. The number of nitrogens with two attached hydrogens (primary N) is 1. The van der Waals surface area contributed by atoms with E-state index in [2.05, 4.69) is 26.3 Å². The monoisotopic (exact) mass is 410 g/mol. The van der Waals surface area contributed by atoms with Gasteiger partial charge in [-0.1, -0.05) is 0 Å². The fourth-order valence-corrected chi connectivity index (χ4v) is 6.39. The predicted octanol–water partition coefficient (Wildman–Crippen LogP) is -2.56. The molecular weight excluding hydrogens is 368 g/mol. The molecule has 5 rings (SSSR count). The highest BCUT2D eigenvalue weighted by Gasteiger charge is 2.44. The summed E-state index contributed by atoms with van der Waals surface area (Å²) < 4.78 is 5.55. The largest absolute Gasteiger partial charge is 0.379 e. The summed E-state index contributed by atoms with van der Waals surface area (Å²) in [5, 5.41) is 9.99. The lowest BCUT2D eigenvalue weighted by Crippen LogP contribution is -3.16. The van der Waals surface area contributed by atoms with Crippen molar-refractivity contribution in [1.82, 2.24) is 21.0 Å². The average molecular weight is 411 g/mol. The summed E-state index contributed by atoms with van der Waals surface area (Å²) in [5.74, 6) is 1.48. The molecule has 8 nitrogen and oxygen atoms in total. The van der Waals surface area contributed by atoms with Crippen molar-refractivity contribution in [3.05, 3.63) is 0 Å². The summed E-state index contributed by atoms with van der Waals surface area (Å²) in [6, 6.07) is 0.597. The number of quaternary nitrogens is 2. The number of hydrogen-bond acceptors (Lipinski definition) is 6. The summed E-state index contributed by atoms with van der Waals surface area (Å²) >= 11 is 0. The van der Waals surface area contributed by atoms with Crippen LogP contribution in [0.5, 0.6) is 0 Å². The quantitative estimate of drug-likeness (QED) is 0.343. The van der Waals surface area contributed by atoms with Crippen molar-refractivity contribution < 1.29 is 19.8 Å². The number of hydroxylamine groups is 1. The van der Waals surface area contributed by atoms with Gasteiger partial charge >= 0.3 is 0 Å². The van der Waals surface area contributed by atoms with Gasteiger partial charge in [-0.2, -0.15) is 5.48 Å². The number of hydrogen-bond donors (Lipinski definition) is 5. The van der Waals surface area contributed by atoms with E-state index in [-0.39, 0.29) is 6.23 Å². The molecule has 5 fully saturated rings. The predicted molar refractivity (Wildman–Crippen MR) is 110 cm³/mol. The molecule has 29 heavy (non-hydrogen) atoms. The van der Waals surface area contributed by atoms with Crippen LogP contribution in [0.3, 0.4) is 0 Å². The fraction of sp³-hybridized carbons (Fsp3) is 1.00. The lowest BCUT2D eigenvalue weighted by Gasteiger charge is -2.38. The molecule has 8 heteroatoms. The first-order valence-corrected chi connectivity index (χ1v) is 12.2. The highest BCUT2D eigenvalue weighted by atomic mass is 16.7. The Morgan fingerprint density at radius 2 is 2.03 bits per heavy atom. The van der Waals surface area contributed by atoms with Gasteiger partial charge in [0.05, 0.1) is 39.0 Å². The lowest BCUT2D eigenvalue weighted by molar-refractivity contribution is -0.919. The molecule has 7 unspecified atom stereocenters. The van der Waals surface area contributed by atoms with Crippen LogP contribution in [-0.4, -0.2) is 88.5 Å². The SMILES string of the molecule is C1CNCC(C[NH+]2CCCC2C2NC(C3CC[NH2+]C(N4CCOCC4)C3)NO2)C1. The molecule has 5 aliphatic heterocycles. The van der Waals surface area contributed by atoms with Crippen LogP contribution in [0, 0.1) is 11.8 Å². The summed E-state index contributed by atoms with van der Waals surface area (Å²) in [6.45, 7) is 10.2. The third-order valence-electron chi connectivity index (χ3n) is 8.02. The summed E-state index contributed by atoms with van der Waals surface area (Å²) in [7, 11) is 0. The third-order valence-corrected chi connectivity index (χ3v) is 8.02. The molecule has 0 spiro atoms. The van der Waals surface area contributed by atoms with Crippen molar-refractivity contribution in [3.8, 4) is 0 Å². The second kappa shape index (κ2) is 9.87. The summed E-state index contributed by atoms with van der Waals surface area (Å²) in [4.78, 5) is 10.5. The first-order valence-electron chi connectivity index (χ1n) is 12.2. The van der Waals surface area contributed by atoms with Crippen molar-refractivity contribution in [3.63, 3.8) is 0 Å². The van der Waals surface area contributed by atoms with Crippen molar-refractivity contribution in [2.45, 2.75) is 63.1 Å². The molecule has 0 aromatic heterocycles. The highest BCUT2D eigenvalue weighted by molar-refractivity contribution is 4.85. The number of ether oxygens (including phenoxy) is 1. The second-order valence-electron chi connectivity index (χ2n) is 9.90. The van der Waals surface area contributed by atoms with Gasteiger partial charge in [0.1, 0.15) is 12.2 Å². The van der Waals surface area contributed by atoms with Gasteiger partial charge in [0.2, 0.25) is 0 Å². The zero-order chi connectivity index (χ0) is 19.5. The summed E-state index contributed by atoms with van der Waals surface area (Å²) in [5.41, 5.74) is 3.41. The molecule has 5 saturated heterocycles. The van der Waals surface area contributed by atoms with E-state index in [0.717, 1.165) is 32.2 Å². The maximum absolute atomic E-state index is 6.16. The number of likely N-dealkylation sites (tertiary alicyclic amines) is 1. The zero-order valence-corrected chi connectivity index (χ0v) is 17.9. The Kier molecular flexibility index (Phi) is 7.00. The van der Waals surface area contributed by atoms with Gasteiger partial charge in [-0.05, 0) is 19.4 Å². The molecule has 0 saturated carbocycles. The Balaban J connectivity index is 1.13. The van der Waals surface area contributed by atoms with Crippen LogP contribution in [-0.2, 0) is 9.57 Å². The molecule has 6 N–H and O–H groups in total. The molecule has 166 valence electrons. The van der Waals surface area contributed by atoms with Gasteiger partial charge in [-0.15, -0.1) is 0 Å². The Bertz CT molecular complexity index is 513. The Morgan fingerprint density at radius 1 is 1.10 bits per heavy atom. The van der Waals surface area contributed by atoms with Crippen LogP contribution >= 0.6 is 0 Å². The molecule has 5 heterocycles. The van der Waals surface area contributed by atoms with Crippen molar-refractivity contribution in [2.75, 3.05) is 59.0 Å². The Morgan fingerprint density at radius 3 is 2.90 bits per heavy atom. The van der Waals surface area contributed by atoms with Gasteiger partial charge < -0.3 is 20.3 Å². The number of morpholine rings is 1. The first kappa shape index (κ1) is 20.6. The van der Waals surface area contributed by atoms with Crippen LogP contribution < -0.4 is 26.3 Å². The normalized spacial score (nSPS) is 44.9.